The highest BCUT2D eigenvalue weighted by molar-refractivity contribution is 5.06. The van der Waals surface area contributed by atoms with Crippen molar-refractivity contribution in [2.75, 3.05) is 6.54 Å². The summed E-state index contributed by atoms with van der Waals surface area (Å²) < 4.78 is 10.4. The summed E-state index contributed by atoms with van der Waals surface area (Å²) in [7, 11) is 0. The van der Waals surface area contributed by atoms with E-state index in [-0.39, 0.29) is 12.0 Å². The Morgan fingerprint density at radius 1 is 1.35 bits per heavy atom. The lowest BCUT2D eigenvalue weighted by atomic mass is 10.2. The van der Waals surface area contributed by atoms with Crippen LogP contribution in [0.25, 0.3) is 0 Å². The van der Waals surface area contributed by atoms with E-state index < -0.39 is 0 Å². The van der Waals surface area contributed by atoms with Crippen LogP contribution in [0.5, 0.6) is 0 Å². The van der Waals surface area contributed by atoms with Crippen molar-refractivity contribution in [1.82, 2.24) is 20.2 Å². The molecule has 1 aliphatic heterocycles. The van der Waals surface area contributed by atoms with Crippen molar-refractivity contribution in [3.8, 4) is 0 Å². The van der Waals surface area contributed by atoms with Gasteiger partial charge in [0, 0.05) is 18.5 Å². The van der Waals surface area contributed by atoms with Gasteiger partial charge >= 0.3 is 0 Å². The smallest absolute Gasteiger partial charge is 0.229 e. The summed E-state index contributed by atoms with van der Waals surface area (Å²) in [6.45, 7) is 7.82. The molecule has 2 aromatic heterocycles. The number of rotatable bonds is 4. The molecule has 0 bridgehead atoms. The van der Waals surface area contributed by atoms with E-state index in [0.29, 0.717) is 5.89 Å². The minimum absolute atomic E-state index is 0.225. The Balaban J connectivity index is 1.74. The molecule has 0 saturated carbocycles. The molecule has 1 saturated heterocycles. The Morgan fingerprint density at radius 3 is 2.85 bits per heavy atom. The average Bonchev–Trinajstić information content (AvgIpc) is 3.10. The van der Waals surface area contributed by atoms with Gasteiger partial charge in [0.05, 0.1) is 11.7 Å². The lowest BCUT2D eigenvalue weighted by Gasteiger charge is -2.20. The van der Waals surface area contributed by atoms with Crippen LogP contribution in [0.3, 0.4) is 0 Å². The molecule has 0 unspecified atom stereocenters. The summed E-state index contributed by atoms with van der Waals surface area (Å²) in [5.41, 5.74) is 0.960. The van der Waals surface area contributed by atoms with Gasteiger partial charge in [-0.1, -0.05) is 24.2 Å². The van der Waals surface area contributed by atoms with E-state index in [0.717, 1.165) is 43.2 Å². The van der Waals surface area contributed by atoms with Gasteiger partial charge in [0.25, 0.3) is 0 Å². The lowest BCUT2D eigenvalue weighted by molar-refractivity contribution is 0.226. The first-order chi connectivity index (χ1) is 9.63. The van der Waals surface area contributed by atoms with E-state index in [1.54, 1.807) is 0 Å². The van der Waals surface area contributed by atoms with Gasteiger partial charge in [-0.3, -0.25) is 4.90 Å². The average molecular weight is 276 g/mol. The number of nitrogens with zero attached hydrogens (tertiary/aromatic N) is 4. The maximum absolute atomic E-state index is 5.32. The Hall–Kier alpha value is -1.69. The summed E-state index contributed by atoms with van der Waals surface area (Å²) in [4.78, 5) is 6.87. The van der Waals surface area contributed by atoms with Crippen LogP contribution in [-0.2, 0) is 6.54 Å². The number of hydrogen-bond donors (Lipinski definition) is 0. The van der Waals surface area contributed by atoms with Crippen molar-refractivity contribution in [1.29, 1.82) is 0 Å². The summed E-state index contributed by atoms with van der Waals surface area (Å²) in [5, 5.41) is 8.20. The zero-order chi connectivity index (χ0) is 14.1. The van der Waals surface area contributed by atoms with E-state index >= 15 is 0 Å². The molecule has 6 nitrogen and oxygen atoms in total. The molecule has 0 amide bonds. The molecule has 1 aliphatic rings. The van der Waals surface area contributed by atoms with Gasteiger partial charge in [-0.2, -0.15) is 4.98 Å². The normalized spacial score (nSPS) is 20.1. The van der Waals surface area contributed by atoms with Crippen LogP contribution in [0.2, 0.25) is 0 Å². The van der Waals surface area contributed by atoms with E-state index in [4.69, 9.17) is 9.05 Å². The Bertz CT molecular complexity index is 575. The third-order valence-corrected chi connectivity index (χ3v) is 3.65. The minimum atomic E-state index is 0.225. The second-order valence-corrected chi connectivity index (χ2v) is 5.70. The first-order valence-corrected chi connectivity index (χ1v) is 7.13. The second-order valence-electron chi connectivity index (χ2n) is 5.70. The van der Waals surface area contributed by atoms with Crippen molar-refractivity contribution < 1.29 is 9.05 Å². The highest BCUT2D eigenvalue weighted by Gasteiger charge is 2.30. The van der Waals surface area contributed by atoms with Crippen LogP contribution in [-0.4, -0.2) is 26.7 Å². The van der Waals surface area contributed by atoms with E-state index in [1.807, 2.05) is 13.0 Å². The maximum atomic E-state index is 5.32. The lowest BCUT2D eigenvalue weighted by Crippen LogP contribution is -2.23. The zero-order valence-corrected chi connectivity index (χ0v) is 12.2. The molecule has 20 heavy (non-hydrogen) atoms. The molecule has 6 heteroatoms. The third-order valence-electron chi connectivity index (χ3n) is 3.65. The summed E-state index contributed by atoms with van der Waals surface area (Å²) >= 11 is 0. The molecule has 108 valence electrons. The first kappa shape index (κ1) is 13.3. The predicted molar refractivity (Wildman–Crippen MR) is 72.0 cm³/mol. The molecule has 3 rings (SSSR count). The van der Waals surface area contributed by atoms with Crippen LogP contribution in [0.1, 0.15) is 61.8 Å². The highest BCUT2D eigenvalue weighted by Crippen LogP contribution is 2.32. The van der Waals surface area contributed by atoms with Gasteiger partial charge in [-0.15, -0.1) is 0 Å². The maximum Gasteiger partial charge on any atom is 0.229 e. The van der Waals surface area contributed by atoms with Crippen molar-refractivity contribution in [3.05, 3.63) is 29.2 Å². The van der Waals surface area contributed by atoms with Crippen LogP contribution in [0.15, 0.2) is 15.1 Å². The van der Waals surface area contributed by atoms with Crippen molar-refractivity contribution >= 4 is 0 Å². The van der Waals surface area contributed by atoms with Crippen LogP contribution < -0.4 is 0 Å². The molecule has 1 atom stereocenters. The van der Waals surface area contributed by atoms with Gasteiger partial charge < -0.3 is 9.05 Å². The van der Waals surface area contributed by atoms with Crippen molar-refractivity contribution in [2.45, 2.75) is 52.1 Å². The van der Waals surface area contributed by atoms with Gasteiger partial charge in [-0.25, -0.2) is 0 Å². The molecule has 0 spiro atoms. The fraction of sp³-hybridized carbons (Fsp3) is 0.643. The fourth-order valence-electron chi connectivity index (χ4n) is 2.63. The summed E-state index contributed by atoms with van der Waals surface area (Å²) in [6.07, 6.45) is 2.21. The number of hydrogen-bond acceptors (Lipinski definition) is 6. The van der Waals surface area contributed by atoms with Gasteiger partial charge in [0.15, 0.2) is 5.82 Å². The van der Waals surface area contributed by atoms with Crippen LogP contribution in [0, 0.1) is 6.92 Å². The molecule has 0 aromatic carbocycles. The number of likely N-dealkylation sites (tertiary alicyclic amines) is 1. The minimum Gasteiger partial charge on any atom is -0.361 e. The second kappa shape index (κ2) is 5.36. The molecule has 2 aromatic rings. The molecule has 0 N–H and O–H groups in total. The van der Waals surface area contributed by atoms with Crippen molar-refractivity contribution in [3.63, 3.8) is 0 Å². The Morgan fingerprint density at radius 2 is 2.20 bits per heavy atom. The summed E-state index contributed by atoms with van der Waals surface area (Å²) in [6, 6.07) is 2.20. The van der Waals surface area contributed by atoms with Crippen molar-refractivity contribution in [2.24, 2.45) is 0 Å². The molecule has 0 aliphatic carbocycles. The molecule has 1 fully saturated rings. The van der Waals surface area contributed by atoms with E-state index in [9.17, 15) is 0 Å². The molecule has 0 radical (unpaired) electrons. The monoisotopic (exact) mass is 276 g/mol. The van der Waals surface area contributed by atoms with Crippen LogP contribution >= 0.6 is 0 Å². The molecular weight excluding hydrogens is 256 g/mol. The standard InChI is InChI=1S/C14H20N4O2/c1-9(2)14-15-13(17-20-14)12-5-4-6-18(12)8-11-7-10(3)19-16-11/h7,9,12H,4-6,8H2,1-3H3/t12-/m0/s1. The van der Waals surface area contributed by atoms with E-state index in [2.05, 4.69) is 34.0 Å². The Labute approximate surface area is 118 Å². The quantitative estimate of drug-likeness (QED) is 0.855. The fourth-order valence-corrected chi connectivity index (χ4v) is 2.63. The SMILES string of the molecule is Cc1cc(CN2CCC[C@H]2c2noc(C(C)C)n2)no1. The van der Waals surface area contributed by atoms with E-state index in [1.165, 1.54) is 0 Å². The highest BCUT2D eigenvalue weighted by atomic mass is 16.5. The Kier molecular flexibility index (Phi) is 3.56. The number of aromatic nitrogens is 3. The van der Waals surface area contributed by atoms with Gasteiger partial charge in [-0.05, 0) is 26.3 Å². The predicted octanol–water partition coefficient (Wildman–Crippen LogP) is 2.83. The zero-order valence-electron chi connectivity index (χ0n) is 12.2. The molecular formula is C14H20N4O2. The third kappa shape index (κ3) is 2.60. The van der Waals surface area contributed by atoms with Gasteiger partial charge in [0.2, 0.25) is 5.89 Å². The first-order valence-electron chi connectivity index (χ1n) is 7.13. The topological polar surface area (TPSA) is 68.2 Å². The number of aryl methyl sites for hydroxylation is 1. The van der Waals surface area contributed by atoms with Crippen LogP contribution in [0.4, 0.5) is 0 Å². The molecule has 3 heterocycles. The summed E-state index contributed by atoms with van der Waals surface area (Å²) in [5.74, 6) is 2.62. The largest absolute Gasteiger partial charge is 0.361 e. The van der Waals surface area contributed by atoms with Gasteiger partial charge in [0.1, 0.15) is 5.76 Å².